The van der Waals surface area contributed by atoms with Crippen LogP contribution in [0.4, 0.5) is 0 Å². The minimum atomic E-state index is -0.512. The van der Waals surface area contributed by atoms with Crippen LogP contribution in [-0.4, -0.2) is 60.5 Å². The van der Waals surface area contributed by atoms with E-state index in [2.05, 4.69) is 31.0 Å². The van der Waals surface area contributed by atoms with Crippen LogP contribution in [0.5, 0.6) is 0 Å². The number of aliphatic hydroxyl groups is 1. The molecule has 1 atom stereocenters. The summed E-state index contributed by atoms with van der Waals surface area (Å²) in [6.07, 6.45) is 4.27. The number of hydrogen-bond donors (Lipinski definition) is 2. The molecule has 4 heteroatoms. The molecule has 0 amide bonds. The van der Waals surface area contributed by atoms with Crippen LogP contribution in [0.25, 0.3) is 0 Å². The van der Waals surface area contributed by atoms with E-state index in [-0.39, 0.29) is 5.54 Å². The van der Waals surface area contributed by atoms with Gasteiger partial charge in [0, 0.05) is 38.4 Å². The number of nitrogens with zero attached hydrogens (tertiary/aromatic N) is 1. The van der Waals surface area contributed by atoms with Gasteiger partial charge in [0.1, 0.15) is 0 Å². The Morgan fingerprint density at radius 1 is 1.19 bits per heavy atom. The predicted octanol–water partition coefficient (Wildman–Crippen LogP) is 2.02. The lowest BCUT2D eigenvalue weighted by Crippen LogP contribution is -2.54. The van der Waals surface area contributed by atoms with Crippen LogP contribution >= 0.6 is 0 Å². The van der Waals surface area contributed by atoms with E-state index < -0.39 is 5.60 Å². The molecule has 0 aromatic carbocycles. The summed E-state index contributed by atoms with van der Waals surface area (Å²) in [6.45, 7) is 14.5. The monoisotopic (exact) mass is 298 g/mol. The zero-order valence-electron chi connectivity index (χ0n) is 14.4. The fraction of sp³-hybridized carbons (Fsp3) is 1.00. The fourth-order valence-electron chi connectivity index (χ4n) is 3.58. The van der Waals surface area contributed by atoms with Crippen molar-refractivity contribution in [3.05, 3.63) is 0 Å². The number of ether oxygens (including phenoxy) is 1. The number of rotatable bonds is 4. The molecule has 0 aliphatic carbocycles. The number of piperidine rings is 1. The van der Waals surface area contributed by atoms with Gasteiger partial charge in [0.05, 0.1) is 5.60 Å². The predicted molar refractivity (Wildman–Crippen MR) is 86.5 cm³/mol. The van der Waals surface area contributed by atoms with Crippen LogP contribution in [0.2, 0.25) is 0 Å². The summed E-state index contributed by atoms with van der Waals surface area (Å²) >= 11 is 0. The topological polar surface area (TPSA) is 44.7 Å². The standard InChI is InChI=1S/C17H34N2O2/c1-15(2,3)18-12-17(7-10-21-11-8-17)14-19-9-5-6-16(4,20)13-19/h18,20H,5-14H2,1-4H3. The molecule has 1 unspecified atom stereocenters. The van der Waals surface area contributed by atoms with Crippen LogP contribution in [-0.2, 0) is 4.74 Å². The highest BCUT2D eigenvalue weighted by Crippen LogP contribution is 2.33. The van der Waals surface area contributed by atoms with Crippen LogP contribution in [0.15, 0.2) is 0 Å². The summed E-state index contributed by atoms with van der Waals surface area (Å²) in [5.74, 6) is 0. The molecule has 2 saturated heterocycles. The van der Waals surface area contributed by atoms with E-state index >= 15 is 0 Å². The highest BCUT2D eigenvalue weighted by atomic mass is 16.5. The van der Waals surface area contributed by atoms with E-state index in [1.807, 2.05) is 6.92 Å². The third kappa shape index (κ3) is 5.51. The van der Waals surface area contributed by atoms with Crippen molar-refractivity contribution < 1.29 is 9.84 Å². The van der Waals surface area contributed by atoms with E-state index in [9.17, 15) is 5.11 Å². The summed E-state index contributed by atoms with van der Waals surface area (Å²) in [7, 11) is 0. The van der Waals surface area contributed by atoms with Crippen molar-refractivity contribution >= 4 is 0 Å². The molecule has 2 N–H and O–H groups in total. The Morgan fingerprint density at radius 3 is 2.43 bits per heavy atom. The number of hydrogen-bond acceptors (Lipinski definition) is 4. The summed E-state index contributed by atoms with van der Waals surface area (Å²) in [5, 5.41) is 14.0. The van der Waals surface area contributed by atoms with Crippen LogP contribution in [0, 0.1) is 5.41 Å². The van der Waals surface area contributed by atoms with Gasteiger partial charge in [-0.1, -0.05) is 0 Å². The average Bonchev–Trinajstić information content (AvgIpc) is 2.36. The highest BCUT2D eigenvalue weighted by molar-refractivity contribution is 4.92. The van der Waals surface area contributed by atoms with E-state index in [1.54, 1.807) is 0 Å². The highest BCUT2D eigenvalue weighted by Gasteiger charge is 2.38. The second kappa shape index (κ2) is 6.53. The summed E-state index contributed by atoms with van der Waals surface area (Å²) in [4.78, 5) is 2.47. The van der Waals surface area contributed by atoms with Crippen molar-refractivity contribution in [1.29, 1.82) is 0 Å². The third-order valence-corrected chi connectivity index (χ3v) is 4.86. The fourth-order valence-corrected chi connectivity index (χ4v) is 3.58. The molecule has 2 aliphatic rings. The van der Waals surface area contributed by atoms with E-state index in [0.29, 0.717) is 5.41 Å². The van der Waals surface area contributed by atoms with Crippen LogP contribution in [0.1, 0.15) is 53.4 Å². The Labute approximate surface area is 130 Å². The number of nitrogens with one attached hydrogen (secondary N) is 1. The normalized spacial score (nSPS) is 31.3. The van der Waals surface area contributed by atoms with Gasteiger partial charge in [-0.05, 0) is 65.3 Å². The lowest BCUT2D eigenvalue weighted by Gasteiger charge is -2.46. The SMILES string of the molecule is CC1(O)CCCN(CC2(CNC(C)(C)C)CCOCC2)C1. The van der Waals surface area contributed by atoms with Crippen molar-refractivity contribution in [3.63, 3.8) is 0 Å². The molecule has 124 valence electrons. The van der Waals surface area contributed by atoms with Gasteiger partial charge in [-0.25, -0.2) is 0 Å². The molecule has 2 heterocycles. The Morgan fingerprint density at radius 2 is 1.86 bits per heavy atom. The van der Waals surface area contributed by atoms with Gasteiger partial charge in [-0.3, -0.25) is 4.90 Å². The molecule has 0 radical (unpaired) electrons. The first-order valence-electron chi connectivity index (χ1n) is 8.47. The maximum absolute atomic E-state index is 10.3. The second-order valence-corrected chi connectivity index (χ2v) is 8.53. The first-order chi connectivity index (χ1) is 9.70. The van der Waals surface area contributed by atoms with Gasteiger partial charge >= 0.3 is 0 Å². The van der Waals surface area contributed by atoms with Crippen molar-refractivity contribution in [2.75, 3.05) is 39.4 Å². The minimum Gasteiger partial charge on any atom is -0.389 e. The van der Waals surface area contributed by atoms with Crippen LogP contribution < -0.4 is 5.32 Å². The Hall–Kier alpha value is -0.160. The first kappa shape index (κ1) is 17.2. The van der Waals surface area contributed by atoms with Crippen molar-refractivity contribution in [2.45, 2.75) is 64.5 Å². The zero-order valence-corrected chi connectivity index (χ0v) is 14.4. The van der Waals surface area contributed by atoms with E-state index in [4.69, 9.17) is 4.74 Å². The lowest BCUT2D eigenvalue weighted by molar-refractivity contribution is -0.0508. The second-order valence-electron chi connectivity index (χ2n) is 8.53. The molecule has 2 aliphatic heterocycles. The quantitative estimate of drug-likeness (QED) is 0.833. The summed E-state index contributed by atoms with van der Waals surface area (Å²) < 4.78 is 5.59. The van der Waals surface area contributed by atoms with E-state index in [0.717, 1.165) is 65.1 Å². The molecule has 21 heavy (non-hydrogen) atoms. The van der Waals surface area contributed by atoms with Gasteiger partial charge in [0.25, 0.3) is 0 Å². The van der Waals surface area contributed by atoms with Gasteiger partial charge in [-0.15, -0.1) is 0 Å². The number of β-amino-alcohol motifs (C(OH)–C–C–N with tert-alkyl or cyclic N) is 1. The van der Waals surface area contributed by atoms with Crippen molar-refractivity contribution in [3.8, 4) is 0 Å². The van der Waals surface area contributed by atoms with Gasteiger partial charge in [-0.2, -0.15) is 0 Å². The molecule has 2 rings (SSSR count). The van der Waals surface area contributed by atoms with Gasteiger partial charge in [0.15, 0.2) is 0 Å². The third-order valence-electron chi connectivity index (χ3n) is 4.86. The Kier molecular flexibility index (Phi) is 5.35. The Balaban J connectivity index is 1.98. The van der Waals surface area contributed by atoms with Crippen molar-refractivity contribution in [2.24, 2.45) is 5.41 Å². The molecule has 0 aromatic rings. The number of likely N-dealkylation sites (tertiary alicyclic amines) is 1. The molecule has 2 fully saturated rings. The van der Waals surface area contributed by atoms with Crippen LogP contribution in [0.3, 0.4) is 0 Å². The maximum Gasteiger partial charge on any atom is 0.0746 e. The lowest BCUT2D eigenvalue weighted by atomic mass is 9.78. The molecular weight excluding hydrogens is 264 g/mol. The smallest absolute Gasteiger partial charge is 0.0746 e. The van der Waals surface area contributed by atoms with Gasteiger partial charge in [0.2, 0.25) is 0 Å². The largest absolute Gasteiger partial charge is 0.389 e. The molecule has 0 bridgehead atoms. The maximum atomic E-state index is 10.3. The molecule has 0 aromatic heterocycles. The molecular formula is C17H34N2O2. The molecule has 0 saturated carbocycles. The molecule has 4 nitrogen and oxygen atoms in total. The Bertz CT molecular complexity index is 330. The minimum absolute atomic E-state index is 0.151. The average molecular weight is 298 g/mol. The summed E-state index contributed by atoms with van der Waals surface area (Å²) in [6, 6.07) is 0. The first-order valence-corrected chi connectivity index (χ1v) is 8.47. The summed E-state index contributed by atoms with van der Waals surface area (Å²) in [5.41, 5.74) is -0.0697. The van der Waals surface area contributed by atoms with Crippen molar-refractivity contribution in [1.82, 2.24) is 10.2 Å². The van der Waals surface area contributed by atoms with E-state index in [1.165, 1.54) is 0 Å². The molecule has 0 spiro atoms. The zero-order chi connectivity index (χ0) is 15.6. The van der Waals surface area contributed by atoms with Gasteiger partial charge < -0.3 is 15.2 Å².